The summed E-state index contributed by atoms with van der Waals surface area (Å²) in [7, 11) is 0. The highest BCUT2D eigenvalue weighted by molar-refractivity contribution is 5.99. The van der Waals surface area contributed by atoms with Gasteiger partial charge in [-0.25, -0.2) is 18.7 Å². The van der Waals surface area contributed by atoms with Gasteiger partial charge in [0.1, 0.15) is 23.3 Å². The Hall–Kier alpha value is -3.85. The number of pyridine rings is 1. The number of nitrogens with one attached hydrogen (secondary N) is 1. The van der Waals surface area contributed by atoms with Crippen LogP contribution in [0, 0.1) is 11.6 Å². The molecule has 4 aromatic rings. The number of rotatable bonds is 4. The molecule has 2 aromatic carbocycles. The molecule has 1 fully saturated rings. The minimum Gasteiger partial charge on any atom is -0.383 e. The van der Waals surface area contributed by atoms with Gasteiger partial charge in [-0.1, -0.05) is 18.2 Å². The van der Waals surface area contributed by atoms with Crippen molar-refractivity contribution >= 4 is 34.2 Å². The van der Waals surface area contributed by atoms with Crippen molar-refractivity contribution in [3.05, 3.63) is 66.4 Å². The molecule has 3 heterocycles. The van der Waals surface area contributed by atoms with Crippen LogP contribution in [0.2, 0.25) is 0 Å². The van der Waals surface area contributed by atoms with Gasteiger partial charge in [0.05, 0.1) is 36.2 Å². The maximum absolute atomic E-state index is 14.5. The van der Waals surface area contributed by atoms with Gasteiger partial charge in [0.15, 0.2) is 0 Å². The fraction of sp³-hybridized carbons (Fsp3) is 0.174. The molecule has 1 aliphatic heterocycles. The number of ether oxygens (including phenoxy) is 1. The Labute approximate surface area is 182 Å². The molecule has 0 spiro atoms. The lowest BCUT2D eigenvalue weighted by Gasteiger charge is -2.27. The van der Waals surface area contributed by atoms with Gasteiger partial charge < -0.3 is 20.7 Å². The first-order valence-electron chi connectivity index (χ1n) is 10.2. The number of hydrogen-bond donors (Lipinski definition) is 2. The molecule has 1 aliphatic rings. The van der Waals surface area contributed by atoms with Crippen LogP contribution in [-0.2, 0) is 4.74 Å². The van der Waals surface area contributed by atoms with E-state index in [0.29, 0.717) is 35.4 Å². The van der Waals surface area contributed by atoms with Crippen LogP contribution < -0.4 is 16.0 Å². The predicted octanol–water partition coefficient (Wildman–Crippen LogP) is 4.13. The van der Waals surface area contributed by atoms with E-state index in [1.54, 1.807) is 24.4 Å². The van der Waals surface area contributed by atoms with Crippen molar-refractivity contribution in [2.45, 2.75) is 0 Å². The van der Waals surface area contributed by atoms with Crippen LogP contribution in [0.15, 0.2) is 54.7 Å². The summed E-state index contributed by atoms with van der Waals surface area (Å²) in [5.74, 6) is -0.0802. The van der Waals surface area contributed by atoms with Gasteiger partial charge in [-0.15, -0.1) is 0 Å². The minimum absolute atomic E-state index is 0.154. The van der Waals surface area contributed by atoms with E-state index in [1.165, 1.54) is 18.2 Å². The highest BCUT2D eigenvalue weighted by Gasteiger charge is 2.17. The number of halogens is 2. The summed E-state index contributed by atoms with van der Waals surface area (Å²) in [6.45, 7) is 2.94. The number of hydrogen-bond acceptors (Lipinski definition) is 7. The fourth-order valence-electron chi connectivity index (χ4n) is 3.76. The van der Waals surface area contributed by atoms with Crippen molar-refractivity contribution in [1.82, 2.24) is 15.0 Å². The zero-order valence-corrected chi connectivity index (χ0v) is 17.1. The van der Waals surface area contributed by atoms with E-state index in [1.807, 2.05) is 12.1 Å². The third kappa shape index (κ3) is 3.78. The Bertz CT molecular complexity index is 1260. The Morgan fingerprint density at radius 1 is 0.938 bits per heavy atom. The van der Waals surface area contributed by atoms with Crippen LogP contribution in [0.3, 0.4) is 0 Å². The SMILES string of the molecule is Nc1nc(Nc2ccc(N3CCOCC3)nc2)nc2c(-c3c(F)cccc3F)cccc12. The molecular formula is C23H20F2N6O. The minimum atomic E-state index is -0.674. The van der Waals surface area contributed by atoms with Crippen LogP contribution in [0.5, 0.6) is 0 Å². The van der Waals surface area contributed by atoms with E-state index < -0.39 is 11.6 Å². The molecule has 2 aromatic heterocycles. The zero-order valence-electron chi connectivity index (χ0n) is 17.1. The summed E-state index contributed by atoms with van der Waals surface area (Å²) < 4.78 is 34.3. The average Bonchev–Trinajstić information content (AvgIpc) is 2.80. The summed E-state index contributed by atoms with van der Waals surface area (Å²) in [6, 6.07) is 12.5. The van der Waals surface area contributed by atoms with Gasteiger partial charge in [0.2, 0.25) is 5.95 Å². The van der Waals surface area contributed by atoms with Crippen LogP contribution in [0.1, 0.15) is 0 Å². The second-order valence-electron chi connectivity index (χ2n) is 7.36. The highest BCUT2D eigenvalue weighted by atomic mass is 19.1. The van der Waals surface area contributed by atoms with Crippen LogP contribution in [0.25, 0.3) is 22.0 Å². The smallest absolute Gasteiger partial charge is 0.229 e. The van der Waals surface area contributed by atoms with Gasteiger partial charge in [-0.2, -0.15) is 4.98 Å². The van der Waals surface area contributed by atoms with Crippen molar-refractivity contribution in [2.75, 3.05) is 42.3 Å². The summed E-state index contributed by atoms with van der Waals surface area (Å²) in [5, 5.41) is 3.59. The molecule has 0 aliphatic carbocycles. The number of nitrogens with zero attached hydrogens (tertiary/aromatic N) is 4. The van der Waals surface area contributed by atoms with E-state index in [0.717, 1.165) is 18.9 Å². The van der Waals surface area contributed by atoms with Crippen LogP contribution in [-0.4, -0.2) is 41.3 Å². The number of para-hydroxylation sites is 1. The summed E-state index contributed by atoms with van der Waals surface area (Å²) in [5.41, 5.74) is 7.30. The van der Waals surface area contributed by atoms with E-state index in [4.69, 9.17) is 10.5 Å². The number of nitrogens with two attached hydrogens (primary N) is 1. The van der Waals surface area contributed by atoms with E-state index >= 15 is 0 Å². The van der Waals surface area contributed by atoms with Gasteiger partial charge in [-0.05, 0) is 30.3 Å². The average molecular weight is 434 g/mol. The molecule has 0 atom stereocenters. The van der Waals surface area contributed by atoms with Crippen LogP contribution in [0.4, 0.5) is 32.1 Å². The van der Waals surface area contributed by atoms with Gasteiger partial charge >= 0.3 is 0 Å². The lowest BCUT2D eigenvalue weighted by atomic mass is 10.0. The maximum atomic E-state index is 14.5. The topological polar surface area (TPSA) is 89.2 Å². The number of morpholine rings is 1. The molecule has 0 unspecified atom stereocenters. The van der Waals surface area contributed by atoms with Gasteiger partial charge in [0, 0.05) is 24.0 Å². The lowest BCUT2D eigenvalue weighted by molar-refractivity contribution is 0.122. The number of anilines is 4. The summed E-state index contributed by atoms with van der Waals surface area (Å²) >= 11 is 0. The van der Waals surface area contributed by atoms with Gasteiger partial charge in [0.25, 0.3) is 0 Å². The Kier molecular flexibility index (Phi) is 5.24. The van der Waals surface area contributed by atoms with Crippen molar-refractivity contribution in [1.29, 1.82) is 0 Å². The van der Waals surface area contributed by atoms with Crippen molar-refractivity contribution in [3.8, 4) is 11.1 Å². The summed E-state index contributed by atoms with van der Waals surface area (Å²) in [6.07, 6.45) is 1.68. The molecule has 9 heteroatoms. The quantitative estimate of drug-likeness (QED) is 0.499. The molecule has 7 nitrogen and oxygen atoms in total. The Morgan fingerprint density at radius 3 is 2.41 bits per heavy atom. The van der Waals surface area contributed by atoms with E-state index in [2.05, 4.69) is 25.2 Å². The highest BCUT2D eigenvalue weighted by Crippen LogP contribution is 2.34. The number of nitrogen functional groups attached to an aromatic ring is 1. The molecule has 1 saturated heterocycles. The second kappa shape index (κ2) is 8.35. The molecule has 5 rings (SSSR count). The van der Waals surface area contributed by atoms with Crippen LogP contribution >= 0.6 is 0 Å². The van der Waals surface area contributed by atoms with E-state index in [-0.39, 0.29) is 17.3 Å². The van der Waals surface area contributed by atoms with Crippen molar-refractivity contribution < 1.29 is 13.5 Å². The first-order chi connectivity index (χ1) is 15.6. The molecule has 162 valence electrons. The summed E-state index contributed by atoms with van der Waals surface area (Å²) in [4.78, 5) is 15.5. The maximum Gasteiger partial charge on any atom is 0.229 e. The van der Waals surface area contributed by atoms with Gasteiger partial charge in [-0.3, -0.25) is 0 Å². The first-order valence-corrected chi connectivity index (χ1v) is 10.2. The standard InChI is InChI=1S/C23H20F2N6O/c24-17-5-2-6-18(25)20(17)15-3-1-4-16-21(15)29-23(30-22(16)26)28-14-7-8-19(27-13-14)31-9-11-32-12-10-31/h1-8,13H,9-12H2,(H3,26,28,29,30). The zero-order chi connectivity index (χ0) is 22.1. The Morgan fingerprint density at radius 2 is 1.69 bits per heavy atom. The molecule has 3 N–H and O–H groups in total. The first kappa shape index (κ1) is 20.1. The van der Waals surface area contributed by atoms with Crippen molar-refractivity contribution in [2.24, 2.45) is 0 Å². The molecule has 0 amide bonds. The second-order valence-corrected chi connectivity index (χ2v) is 7.36. The third-order valence-corrected chi connectivity index (χ3v) is 5.33. The predicted molar refractivity (Wildman–Crippen MR) is 120 cm³/mol. The molecule has 0 saturated carbocycles. The van der Waals surface area contributed by atoms with E-state index in [9.17, 15) is 8.78 Å². The lowest BCUT2D eigenvalue weighted by Crippen LogP contribution is -2.36. The molecular weight excluding hydrogens is 414 g/mol. The van der Waals surface area contributed by atoms with Crippen molar-refractivity contribution in [3.63, 3.8) is 0 Å². The fourth-order valence-corrected chi connectivity index (χ4v) is 3.76. The molecule has 0 bridgehead atoms. The number of fused-ring (bicyclic) bond motifs is 1. The molecule has 32 heavy (non-hydrogen) atoms. The normalized spacial score (nSPS) is 14.0. The molecule has 0 radical (unpaired) electrons. The Balaban J connectivity index is 1.50. The number of aromatic nitrogens is 3. The monoisotopic (exact) mass is 434 g/mol. The largest absolute Gasteiger partial charge is 0.383 e. The number of benzene rings is 2. The third-order valence-electron chi connectivity index (χ3n) is 5.33.